The monoisotopic (exact) mass is 359 g/mol. The fourth-order valence-corrected chi connectivity index (χ4v) is 4.08. The Balaban J connectivity index is 1.44. The summed E-state index contributed by atoms with van der Waals surface area (Å²) in [7, 11) is 0. The first kappa shape index (κ1) is 19.3. The van der Waals surface area contributed by atoms with E-state index in [1.54, 1.807) is 0 Å². The minimum absolute atomic E-state index is 0.0382. The van der Waals surface area contributed by atoms with Crippen molar-refractivity contribution in [1.29, 1.82) is 0 Å². The predicted octanol–water partition coefficient (Wildman–Crippen LogP) is 1.87. The van der Waals surface area contributed by atoms with Crippen LogP contribution in [-0.2, 0) is 16.0 Å². The first-order valence-corrected chi connectivity index (χ1v) is 9.97. The summed E-state index contributed by atoms with van der Waals surface area (Å²) in [5.41, 5.74) is 1.40. The summed E-state index contributed by atoms with van der Waals surface area (Å²) in [4.78, 5) is 19.7. The Hall–Kier alpha value is -1.43. The number of piperazine rings is 1. The largest absolute Gasteiger partial charge is 0.372 e. The molecule has 2 saturated heterocycles. The van der Waals surface area contributed by atoms with Gasteiger partial charge >= 0.3 is 0 Å². The number of morpholine rings is 1. The Morgan fingerprint density at radius 2 is 1.69 bits per heavy atom. The fourth-order valence-electron chi connectivity index (χ4n) is 4.08. The molecule has 2 aliphatic heterocycles. The van der Waals surface area contributed by atoms with Crippen molar-refractivity contribution >= 4 is 5.91 Å². The van der Waals surface area contributed by atoms with Crippen LogP contribution in [0.25, 0.3) is 0 Å². The lowest BCUT2D eigenvalue weighted by molar-refractivity contribution is -0.148. The molecule has 1 aromatic rings. The molecule has 0 spiro atoms. The second-order valence-electron chi connectivity index (χ2n) is 7.79. The van der Waals surface area contributed by atoms with Crippen molar-refractivity contribution in [3.63, 3.8) is 0 Å². The van der Waals surface area contributed by atoms with E-state index in [-0.39, 0.29) is 24.2 Å². The van der Waals surface area contributed by atoms with E-state index in [4.69, 9.17) is 4.74 Å². The third-order valence-electron chi connectivity index (χ3n) is 5.60. The van der Waals surface area contributed by atoms with Crippen LogP contribution >= 0.6 is 0 Å². The van der Waals surface area contributed by atoms with Crippen LogP contribution in [0.2, 0.25) is 0 Å². The second kappa shape index (κ2) is 8.98. The molecule has 3 unspecified atom stereocenters. The molecule has 26 heavy (non-hydrogen) atoms. The number of hydrogen-bond donors (Lipinski definition) is 0. The van der Waals surface area contributed by atoms with Gasteiger partial charge in [-0.25, -0.2) is 0 Å². The molecule has 0 bridgehead atoms. The maximum atomic E-state index is 12.9. The van der Waals surface area contributed by atoms with E-state index >= 15 is 0 Å². The number of carbonyl (C=O) groups is 1. The van der Waals surface area contributed by atoms with Gasteiger partial charge in [0.2, 0.25) is 5.91 Å². The van der Waals surface area contributed by atoms with Gasteiger partial charge in [-0.05, 0) is 32.8 Å². The number of amides is 1. The minimum atomic E-state index is -0.0382. The number of carbonyl (C=O) groups excluding carboxylic acids is 1. The van der Waals surface area contributed by atoms with Gasteiger partial charge in [0.05, 0.1) is 18.2 Å². The van der Waals surface area contributed by atoms with Gasteiger partial charge in [-0.15, -0.1) is 0 Å². The lowest BCUT2D eigenvalue weighted by Gasteiger charge is -2.41. The molecule has 0 saturated carbocycles. The van der Waals surface area contributed by atoms with Crippen molar-refractivity contribution in [2.24, 2.45) is 0 Å². The SMILES string of the molecule is CC1CN(C(=O)C(C)N2CCN(CCc3ccccc3)CC2)CC(C)O1. The van der Waals surface area contributed by atoms with E-state index in [0.717, 1.165) is 39.1 Å². The molecule has 3 atom stereocenters. The van der Waals surface area contributed by atoms with Crippen LogP contribution in [0, 0.1) is 0 Å². The highest BCUT2D eigenvalue weighted by molar-refractivity contribution is 5.81. The van der Waals surface area contributed by atoms with Crippen LogP contribution in [-0.4, -0.2) is 84.7 Å². The average molecular weight is 360 g/mol. The molecule has 0 aromatic heterocycles. The quantitative estimate of drug-likeness (QED) is 0.804. The van der Waals surface area contributed by atoms with Crippen LogP contribution in [0.4, 0.5) is 0 Å². The summed E-state index contributed by atoms with van der Waals surface area (Å²) < 4.78 is 5.76. The Bertz CT molecular complexity index is 562. The van der Waals surface area contributed by atoms with Crippen molar-refractivity contribution in [3.05, 3.63) is 35.9 Å². The molecular formula is C21H33N3O2. The highest BCUT2D eigenvalue weighted by Gasteiger charge is 2.32. The highest BCUT2D eigenvalue weighted by atomic mass is 16.5. The molecule has 2 heterocycles. The third kappa shape index (κ3) is 5.06. The van der Waals surface area contributed by atoms with E-state index < -0.39 is 0 Å². The van der Waals surface area contributed by atoms with Crippen molar-refractivity contribution in [3.8, 4) is 0 Å². The van der Waals surface area contributed by atoms with E-state index in [1.807, 2.05) is 18.7 Å². The topological polar surface area (TPSA) is 36.0 Å². The number of rotatable bonds is 5. The maximum Gasteiger partial charge on any atom is 0.239 e. The lowest BCUT2D eigenvalue weighted by Crippen LogP contribution is -2.57. The highest BCUT2D eigenvalue weighted by Crippen LogP contribution is 2.15. The van der Waals surface area contributed by atoms with Gasteiger partial charge in [-0.3, -0.25) is 9.69 Å². The van der Waals surface area contributed by atoms with Crippen LogP contribution in [0.15, 0.2) is 30.3 Å². The standard InChI is InChI=1S/C21H33N3O2/c1-17-15-24(16-18(2)26-17)21(25)19(3)23-13-11-22(12-14-23)10-9-20-7-5-4-6-8-20/h4-8,17-19H,9-16H2,1-3H3. The molecule has 1 aromatic carbocycles. The first-order valence-electron chi connectivity index (χ1n) is 9.97. The maximum absolute atomic E-state index is 12.9. The molecule has 3 rings (SSSR count). The summed E-state index contributed by atoms with van der Waals surface area (Å²) in [5.74, 6) is 0.254. The minimum Gasteiger partial charge on any atom is -0.372 e. The zero-order chi connectivity index (χ0) is 18.5. The smallest absolute Gasteiger partial charge is 0.239 e. The Kier molecular flexibility index (Phi) is 6.68. The molecule has 5 nitrogen and oxygen atoms in total. The van der Waals surface area contributed by atoms with Crippen LogP contribution in [0.3, 0.4) is 0 Å². The zero-order valence-corrected chi connectivity index (χ0v) is 16.4. The van der Waals surface area contributed by atoms with Crippen molar-refractivity contribution < 1.29 is 9.53 Å². The van der Waals surface area contributed by atoms with E-state index in [9.17, 15) is 4.79 Å². The van der Waals surface area contributed by atoms with Crippen molar-refractivity contribution in [1.82, 2.24) is 14.7 Å². The van der Waals surface area contributed by atoms with E-state index in [1.165, 1.54) is 5.56 Å². The molecule has 0 aliphatic carbocycles. The van der Waals surface area contributed by atoms with Gasteiger partial charge in [0.25, 0.3) is 0 Å². The van der Waals surface area contributed by atoms with Crippen molar-refractivity contribution in [2.75, 3.05) is 45.8 Å². The first-order chi connectivity index (χ1) is 12.5. The molecule has 0 N–H and O–H groups in total. The molecule has 2 fully saturated rings. The van der Waals surface area contributed by atoms with Gasteiger partial charge in [-0.2, -0.15) is 0 Å². The van der Waals surface area contributed by atoms with Crippen molar-refractivity contribution in [2.45, 2.75) is 45.4 Å². The number of hydrogen-bond acceptors (Lipinski definition) is 4. The molecule has 2 aliphatic rings. The summed E-state index contributed by atoms with van der Waals surface area (Å²) in [6, 6.07) is 10.6. The normalized spacial score (nSPS) is 26.7. The number of benzene rings is 1. The van der Waals surface area contributed by atoms with Gasteiger partial charge in [-0.1, -0.05) is 30.3 Å². The second-order valence-corrected chi connectivity index (χ2v) is 7.79. The van der Waals surface area contributed by atoms with Gasteiger partial charge in [0.1, 0.15) is 0 Å². The molecule has 0 radical (unpaired) electrons. The number of ether oxygens (including phenoxy) is 1. The molecular weight excluding hydrogens is 326 g/mol. The summed E-state index contributed by atoms with van der Waals surface area (Å²) >= 11 is 0. The third-order valence-corrected chi connectivity index (χ3v) is 5.60. The van der Waals surface area contributed by atoms with E-state index in [2.05, 4.69) is 47.1 Å². The summed E-state index contributed by atoms with van der Waals surface area (Å²) in [6.07, 6.45) is 1.35. The van der Waals surface area contributed by atoms with Gasteiger partial charge in [0.15, 0.2) is 0 Å². The molecule has 5 heteroatoms. The fraction of sp³-hybridized carbons (Fsp3) is 0.667. The Morgan fingerprint density at radius 1 is 1.08 bits per heavy atom. The zero-order valence-electron chi connectivity index (χ0n) is 16.4. The molecule has 1 amide bonds. The Labute approximate surface area is 157 Å². The lowest BCUT2D eigenvalue weighted by atomic mass is 10.1. The van der Waals surface area contributed by atoms with E-state index in [0.29, 0.717) is 13.1 Å². The predicted molar refractivity (Wildman–Crippen MR) is 104 cm³/mol. The van der Waals surface area contributed by atoms with Crippen LogP contribution < -0.4 is 0 Å². The van der Waals surface area contributed by atoms with Gasteiger partial charge < -0.3 is 14.5 Å². The summed E-state index contributed by atoms with van der Waals surface area (Å²) in [5, 5.41) is 0. The number of nitrogens with zero attached hydrogens (tertiary/aromatic N) is 3. The summed E-state index contributed by atoms with van der Waals surface area (Å²) in [6.45, 7) is 12.7. The van der Waals surface area contributed by atoms with Crippen LogP contribution in [0.5, 0.6) is 0 Å². The Morgan fingerprint density at radius 3 is 2.31 bits per heavy atom. The van der Waals surface area contributed by atoms with Crippen LogP contribution in [0.1, 0.15) is 26.3 Å². The average Bonchev–Trinajstić information content (AvgIpc) is 2.65. The molecule has 144 valence electrons. The van der Waals surface area contributed by atoms with Gasteiger partial charge in [0, 0.05) is 45.8 Å².